The first-order valence-corrected chi connectivity index (χ1v) is 7.90. The van der Waals surface area contributed by atoms with Crippen LogP contribution in [0.5, 0.6) is 0 Å². The molecule has 1 amide bonds. The maximum atomic E-state index is 12.2. The van der Waals surface area contributed by atoms with Crippen LogP contribution in [0.25, 0.3) is 10.9 Å². The van der Waals surface area contributed by atoms with Crippen LogP contribution < -0.4 is 10.9 Å². The average Bonchev–Trinajstić information content (AvgIpc) is 3.01. The normalized spacial score (nSPS) is 10.6. The number of benzene rings is 1. The maximum Gasteiger partial charge on any atom is 0.355 e. The summed E-state index contributed by atoms with van der Waals surface area (Å²) in [5.41, 5.74) is 7.94. The highest BCUT2D eigenvalue weighted by molar-refractivity contribution is 5.98. The molecular formula is C18H18N4O3. The van der Waals surface area contributed by atoms with Crippen molar-refractivity contribution in [1.29, 1.82) is 0 Å². The van der Waals surface area contributed by atoms with Crippen molar-refractivity contribution < 1.29 is 14.3 Å². The molecule has 0 spiro atoms. The summed E-state index contributed by atoms with van der Waals surface area (Å²) in [5.74, 6) is -0.698. The molecule has 0 bridgehead atoms. The number of pyridine rings is 1. The van der Waals surface area contributed by atoms with Crippen LogP contribution in [0.2, 0.25) is 0 Å². The third kappa shape index (κ3) is 3.67. The number of nitrogens with zero attached hydrogens (tertiary/aromatic N) is 1. The molecule has 0 aliphatic heterocycles. The molecule has 0 unspecified atom stereocenters. The van der Waals surface area contributed by atoms with Crippen LogP contribution in [0.1, 0.15) is 33.3 Å². The van der Waals surface area contributed by atoms with Crippen LogP contribution in [-0.2, 0) is 11.3 Å². The van der Waals surface area contributed by atoms with E-state index in [-0.39, 0.29) is 12.5 Å². The number of H-pyrrole nitrogens is 1. The Balaban J connectivity index is 1.77. The highest BCUT2D eigenvalue weighted by Gasteiger charge is 2.18. The van der Waals surface area contributed by atoms with E-state index in [0.29, 0.717) is 17.9 Å². The van der Waals surface area contributed by atoms with Crippen LogP contribution in [0, 0.1) is 0 Å². The number of esters is 1. The second kappa shape index (κ2) is 7.59. The number of hydrogen-bond acceptors (Lipinski definition) is 5. The number of hydrazine groups is 1. The Labute approximate surface area is 144 Å². The van der Waals surface area contributed by atoms with Gasteiger partial charge in [-0.3, -0.25) is 15.2 Å². The van der Waals surface area contributed by atoms with E-state index in [1.807, 2.05) is 24.3 Å². The fourth-order valence-electron chi connectivity index (χ4n) is 2.55. The van der Waals surface area contributed by atoms with Gasteiger partial charge in [0.15, 0.2) is 0 Å². The highest BCUT2D eigenvalue weighted by atomic mass is 16.5. The van der Waals surface area contributed by atoms with Crippen molar-refractivity contribution in [1.82, 2.24) is 20.8 Å². The van der Waals surface area contributed by atoms with Crippen LogP contribution in [0.4, 0.5) is 0 Å². The Morgan fingerprint density at radius 2 is 1.92 bits per heavy atom. The number of amides is 1. The summed E-state index contributed by atoms with van der Waals surface area (Å²) in [6.07, 6.45) is 3.10. The van der Waals surface area contributed by atoms with Gasteiger partial charge in [0.1, 0.15) is 5.69 Å². The summed E-state index contributed by atoms with van der Waals surface area (Å²) in [4.78, 5) is 31.2. The Kier molecular flexibility index (Phi) is 5.06. The molecule has 128 valence electrons. The molecule has 3 aromatic rings. The second-order valence-corrected chi connectivity index (χ2v) is 5.29. The summed E-state index contributed by atoms with van der Waals surface area (Å²) in [6, 6.07) is 10.8. The van der Waals surface area contributed by atoms with Gasteiger partial charge in [0, 0.05) is 41.0 Å². The minimum Gasteiger partial charge on any atom is -0.461 e. The summed E-state index contributed by atoms with van der Waals surface area (Å²) in [6.45, 7) is 2.32. The number of fused-ring (bicyclic) bond motifs is 1. The van der Waals surface area contributed by atoms with E-state index in [1.165, 1.54) is 0 Å². The number of carbonyl (C=O) groups is 2. The molecule has 3 N–H and O–H groups in total. The van der Waals surface area contributed by atoms with Crippen molar-refractivity contribution >= 4 is 22.8 Å². The van der Waals surface area contributed by atoms with Gasteiger partial charge in [-0.2, -0.15) is 0 Å². The molecule has 25 heavy (non-hydrogen) atoms. The Morgan fingerprint density at radius 3 is 2.68 bits per heavy atom. The van der Waals surface area contributed by atoms with Crippen molar-refractivity contribution in [3.63, 3.8) is 0 Å². The predicted octanol–water partition coefficient (Wildman–Crippen LogP) is 2.17. The summed E-state index contributed by atoms with van der Waals surface area (Å²) >= 11 is 0. The fraction of sp³-hybridized carbons (Fsp3) is 0.167. The topological polar surface area (TPSA) is 96.1 Å². The average molecular weight is 338 g/mol. The molecule has 0 saturated heterocycles. The number of carbonyl (C=O) groups excluding carboxylic acids is 2. The molecule has 0 aliphatic carbocycles. The lowest BCUT2D eigenvalue weighted by atomic mass is 10.1. The van der Waals surface area contributed by atoms with Gasteiger partial charge in [0.05, 0.1) is 6.61 Å². The minimum absolute atomic E-state index is 0.273. The highest BCUT2D eigenvalue weighted by Crippen LogP contribution is 2.22. The number of aromatic amines is 1. The fourth-order valence-corrected chi connectivity index (χ4v) is 2.55. The first-order valence-electron chi connectivity index (χ1n) is 7.90. The molecule has 0 radical (unpaired) electrons. The summed E-state index contributed by atoms with van der Waals surface area (Å²) < 4.78 is 5.10. The van der Waals surface area contributed by atoms with E-state index in [1.54, 1.807) is 31.5 Å². The molecule has 3 rings (SSSR count). The predicted molar refractivity (Wildman–Crippen MR) is 92.8 cm³/mol. The number of rotatable bonds is 6. The molecule has 2 aromatic heterocycles. The van der Waals surface area contributed by atoms with Crippen molar-refractivity contribution in [2.45, 2.75) is 13.5 Å². The number of aromatic nitrogens is 2. The third-order valence-corrected chi connectivity index (χ3v) is 3.70. The molecule has 0 atom stereocenters. The zero-order valence-electron chi connectivity index (χ0n) is 13.7. The molecule has 0 fully saturated rings. The molecule has 0 saturated carbocycles. The number of hydrogen-bond donors (Lipinski definition) is 3. The molecule has 2 heterocycles. The van der Waals surface area contributed by atoms with Gasteiger partial charge in [-0.1, -0.05) is 18.2 Å². The lowest BCUT2D eigenvalue weighted by Gasteiger charge is -2.08. The van der Waals surface area contributed by atoms with Crippen LogP contribution >= 0.6 is 0 Å². The van der Waals surface area contributed by atoms with Gasteiger partial charge in [-0.15, -0.1) is 0 Å². The van der Waals surface area contributed by atoms with E-state index in [2.05, 4.69) is 20.8 Å². The van der Waals surface area contributed by atoms with Crippen molar-refractivity contribution in [2.24, 2.45) is 0 Å². The van der Waals surface area contributed by atoms with Crippen LogP contribution in [0.15, 0.2) is 48.8 Å². The Bertz CT molecular complexity index is 890. The van der Waals surface area contributed by atoms with Crippen LogP contribution in [-0.4, -0.2) is 28.5 Å². The molecule has 7 heteroatoms. The van der Waals surface area contributed by atoms with Crippen molar-refractivity contribution in [3.8, 4) is 0 Å². The van der Waals surface area contributed by atoms with Gasteiger partial charge in [-0.25, -0.2) is 10.2 Å². The van der Waals surface area contributed by atoms with Gasteiger partial charge < -0.3 is 9.72 Å². The SMILES string of the molecule is CCOC(=O)c1[nH]c2ccccc2c1CNNC(=O)c1ccncc1. The van der Waals surface area contributed by atoms with E-state index in [9.17, 15) is 9.59 Å². The summed E-state index contributed by atoms with van der Waals surface area (Å²) in [5, 5.41) is 0.899. The maximum absolute atomic E-state index is 12.2. The van der Waals surface area contributed by atoms with E-state index in [0.717, 1.165) is 16.5 Å². The lowest BCUT2D eigenvalue weighted by Crippen LogP contribution is -2.37. The number of para-hydroxylation sites is 1. The van der Waals surface area contributed by atoms with Crippen molar-refractivity contribution in [2.75, 3.05) is 6.61 Å². The zero-order chi connectivity index (χ0) is 17.6. The smallest absolute Gasteiger partial charge is 0.355 e. The van der Waals surface area contributed by atoms with E-state index in [4.69, 9.17) is 4.74 Å². The van der Waals surface area contributed by atoms with Gasteiger partial charge in [-0.05, 0) is 25.1 Å². The molecule has 1 aromatic carbocycles. The van der Waals surface area contributed by atoms with E-state index >= 15 is 0 Å². The Hall–Kier alpha value is -3.19. The van der Waals surface area contributed by atoms with Gasteiger partial charge >= 0.3 is 5.97 Å². The minimum atomic E-state index is -0.420. The Morgan fingerprint density at radius 1 is 1.16 bits per heavy atom. The second-order valence-electron chi connectivity index (χ2n) is 5.29. The number of nitrogens with one attached hydrogen (secondary N) is 3. The molecule has 7 nitrogen and oxygen atoms in total. The zero-order valence-corrected chi connectivity index (χ0v) is 13.7. The third-order valence-electron chi connectivity index (χ3n) is 3.70. The largest absolute Gasteiger partial charge is 0.461 e. The summed E-state index contributed by atoms with van der Waals surface area (Å²) in [7, 11) is 0. The first-order chi connectivity index (χ1) is 12.2. The van der Waals surface area contributed by atoms with Gasteiger partial charge in [0.2, 0.25) is 0 Å². The standard InChI is InChI=1S/C18H18N4O3/c1-2-25-18(24)16-14(13-5-3-4-6-15(13)21-16)11-20-22-17(23)12-7-9-19-10-8-12/h3-10,20-21H,2,11H2,1H3,(H,22,23). The lowest BCUT2D eigenvalue weighted by molar-refractivity contribution is 0.0519. The first kappa shape index (κ1) is 16.7. The van der Waals surface area contributed by atoms with Crippen LogP contribution in [0.3, 0.4) is 0 Å². The molecular weight excluding hydrogens is 320 g/mol. The quantitative estimate of drug-likeness (QED) is 0.473. The van der Waals surface area contributed by atoms with Gasteiger partial charge in [0.25, 0.3) is 5.91 Å². The monoisotopic (exact) mass is 338 g/mol. The number of ether oxygens (including phenoxy) is 1. The van der Waals surface area contributed by atoms with E-state index < -0.39 is 5.97 Å². The van der Waals surface area contributed by atoms with Crippen molar-refractivity contribution in [3.05, 3.63) is 65.6 Å². The molecule has 0 aliphatic rings.